The molecule has 0 atom stereocenters. The fourth-order valence-electron chi connectivity index (χ4n) is 3.03. The van der Waals surface area contributed by atoms with Gasteiger partial charge in [-0.2, -0.15) is 0 Å². The molecular formula is C20H20N2O5. The molecule has 0 spiro atoms. The van der Waals surface area contributed by atoms with Crippen molar-refractivity contribution in [3.05, 3.63) is 53.6 Å². The van der Waals surface area contributed by atoms with Gasteiger partial charge < -0.3 is 14.7 Å². The Morgan fingerprint density at radius 1 is 1.22 bits per heavy atom. The Morgan fingerprint density at radius 3 is 2.67 bits per heavy atom. The van der Waals surface area contributed by atoms with Gasteiger partial charge >= 0.3 is 5.97 Å². The number of hydrogen-bond donors (Lipinski definition) is 1. The van der Waals surface area contributed by atoms with E-state index in [1.54, 1.807) is 4.90 Å². The first-order chi connectivity index (χ1) is 12.9. The third-order valence-corrected chi connectivity index (χ3v) is 4.37. The molecule has 2 aromatic carbocycles. The number of aryl methyl sites for hydroxylation is 1. The number of nitrogens with zero attached hydrogens (tertiary/aromatic N) is 2. The van der Waals surface area contributed by atoms with Crippen LogP contribution in [0.5, 0.6) is 5.75 Å². The Hall–Kier alpha value is -3.35. The number of anilines is 2. The van der Waals surface area contributed by atoms with Gasteiger partial charge in [-0.1, -0.05) is 12.1 Å². The first-order valence-electron chi connectivity index (χ1n) is 8.58. The van der Waals surface area contributed by atoms with Crippen molar-refractivity contribution in [1.82, 2.24) is 0 Å². The minimum Gasteiger partial charge on any atom is -0.482 e. The largest absolute Gasteiger partial charge is 0.482 e. The van der Waals surface area contributed by atoms with Crippen LogP contribution in [0.4, 0.5) is 11.4 Å². The van der Waals surface area contributed by atoms with Gasteiger partial charge in [0.15, 0.2) is 6.61 Å². The number of likely N-dealkylation sites (N-methyl/N-ethyl adjacent to an activating group) is 1. The number of fused-ring (bicyclic) bond motifs is 1. The van der Waals surface area contributed by atoms with E-state index in [1.807, 2.05) is 38.1 Å². The molecule has 0 aliphatic carbocycles. The van der Waals surface area contributed by atoms with Crippen LogP contribution in [0.2, 0.25) is 0 Å². The Balaban J connectivity index is 1.90. The van der Waals surface area contributed by atoms with Crippen molar-refractivity contribution in [3.63, 3.8) is 0 Å². The third kappa shape index (κ3) is 3.76. The Bertz CT molecular complexity index is 909. The normalized spacial score (nSPS) is 13.0. The van der Waals surface area contributed by atoms with Gasteiger partial charge in [0, 0.05) is 12.2 Å². The summed E-state index contributed by atoms with van der Waals surface area (Å²) in [6.07, 6.45) is 0. The summed E-state index contributed by atoms with van der Waals surface area (Å²) in [5.41, 5.74) is 2.09. The summed E-state index contributed by atoms with van der Waals surface area (Å²) in [5, 5.41) is 9.20. The first-order valence-corrected chi connectivity index (χ1v) is 8.58. The Labute approximate surface area is 156 Å². The Morgan fingerprint density at radius 2 is 2.00 bits per heavy atom. The molecule has 1 N–H and O–H groups in total. The van der Waals surface area contributed by atoms with Gasteiger partial charge in [-0.3, -0.25) is 14.5 Å². The smallest absolute Gasteiger partial charge is 0.335 e. The molecule has 7 heteroatoms. The third-order valence-electron chi connectivity index (χ3n) is 4.37. The molecule has 0 bridgehead atoms. The summed E-state index contributed by atoms with van der Waals surface area (Å²) in [7, 11) is 0. The highest BCUT2D eigenvalue weighted by Crippen LogP contribution is 2.33. The molecule has 0 aromatic heterocycles. The molecule has 1 aliphatic rings. The lowest BCUT2D eigenvalue weighted by molar-refractivity contribution is -0.124. The predicted molar refractivity (Wildman–Crippen MR) is 100 cm³/mol. The average Bonchev–Trinajstić information content (AvgIpc) is 2.64. The van der Waals surface area contributed by atoms with Gasteiger partial charge in [-0.25, -0.2) is 4.79 Å². The molecule has 140 valence electrons. The van der Waals surface area contributed by atoms with E-state index in [0.717, 1.165) is 11.3 Å². The standard InChI is InChI=1S/C20H20N2O5/c1-3-21(15-6-4-5-13(2)9-15)18(23)11-22-16-10-14(20(25)26)7-8-17(16)27-12-19(22)24/h4-10H,3,11-12H2,1-2H3,(H,25,26). The minimum atomic E-state index is -1.11. The lowest BCUT2D eigenvalue weighted by Gasteiger charge is -2.31. The molecular weight excluding hydrogens is 348 g/mol. The zero-order valence-electron chi connectivity index (χ0n) is 15.1. The molecule has 27 heavy (non-hydrogen) atoms. The molecule has 1 heterocycles. The van der Waals surface area contributed by atoms with E-state index >= 15 is 0 Å². The highest BCUT2D eigenvalue weighted by atomic mass is 16.5. The van der Waals surface area contributed by atoms with Crippen molar-refractivity contribution < 1.29 is 24.2 Å². The van der Waals surface area contributed by atoms with E-state index in [-0.39, 0.29) is 24.6 Å². The van der Waals surface area contributed by atoms with Crippen molar-refractivity contribution in [2.75, 3.05) is 29.5 Å². The SMILES string of the molecule is CCN(C(=O)CN1C(=O)COc2ccc(C(=O)O)cc21)c1cccc(C)c1. The molecule has 2 aromatic rings. The molecule has 1 aliphatic heterocycles. The lowest BCUT2D eigenvalue weighted by Crippen LogP contribution is -2.46. The van der Waals surface area contributed by atoms with Crippen LogP contribution in [0, 0.1) is 6.92 Å². The summed E-state index contributed by atoms with van der Waals surface area (Å²) < 4.78 is 5.36. The Kier molecular flexibility index (Phi) is 5.12. The van der Waals surface area contributed by atoms with Crippen LogP contribution in [-0.4, -0.2) is 42.6 Å². The number of aromatic carboxylic acids is 1. The molecule has 0 fully saturated rings. The fraction of sp³-hybridized carbons (Fsp3) is 0.250. The molecule has 3 rings (SSSR count). The summed E-state index contributed by atoms with van der Waals surface area (Å²) in [6.45, 7) is 3.86. The summed E-state index contributed by atoms with van der Waals surface area (Å²) in [4.78, 5) is 39.4. The van der Waals surface area contributed by atoms with Crippen molar-refractivity contribution in [3.8, 4) is 5.75 Å². The number of rotatable bonds is 5. The van der Waals surface area contributed by atoms with E-state index in [1.165, 1.54) is 23.1 Å². The van der Waals surface area contributed by atoms with Crippen LogP contribution in [0.1, 0.15) is 22.8 Å². The average molecular weight is 368 g/mol. The van der Waals surface area contributed by atoms with E-state index in [0.29, 0.717) is 18.0 Å². The van der Waals surface area contributed by atoms with Crippen LogP contribution in [0.3, 0.4) is 0 Å². The topological polar surface area (TPSA) is 87.2 Å². The summed E-state index contributed by atoms with van der Waals surface area (Å²) in [6, 6.07) is 11.8. The van der Waals surface area contributed by atoms with Gasteiger partial charge in [0.1, 0.15) is 12.3 Å². The maximum atomic E-state index is 12.9. The van der Waals surface area contributed by atoms with Gasteiger partial charge in [0.25, 0.3) is 5.91 Å². The lowest BCUT2D eigenvalue weighted by atomic mass is 10.1. The fourth-order valence-corrected chi connectivity index (χ4v) is 3.03. The van der Waals surface area contributed by atoms with Gasteiger partial charge in [0.05, 0.1) is 11.3 Å². The monoisotopic (exact) mass is 368 g/mol. The van der Waals surface area contributed by atoms with Crippen LogP contribution in [0.25, 0.3) is 0 Å². The number of carbonyl (C=O) groups excluding carboxylic acids is 2. The molecule has 0 saturated heterocycles. The number of carboxylic acid groups (broad SMARTS) is 1. The van der Waals surface area contributed by atoms with Crippen LogP contribution < -0.4 is 14.5 Å². The predicted octanol–water partition coefficient (Wildman–Crippen LogP) is 2.47. The molecule has 0 saturated carbocycles. The zero-order valence-corrected chi connectivity index (χ0v) is 15.1. The van der Waals surface area contributed by atoms with Crippen molar-refractivity contribution >= 4 is 29.2 Å². The maximum Gasteiger partial charge on any atom is 0.335 e. The molecule has 2 amide bonds. The van der Waals surface area contributed by atoms with E-state index in [4.69, 9.17) is 4.74 Å². The second kappa shape index (κ2) is 7.49. The van der Waals surface area contributed by atoms with Crippen LogP contribution in [-0.2, 0) is 9.59 Å². The molecule has 7 nitrogen and oxygen atoms in total. The highest BCUT2D eigenvalue weighted by molar-refractivity contribution is 6.06. The van der Waals surface area contributed by atoms with Crippen molar-refractivity contribution in [2.24, 2.45) is 0 Å². The molecule has 0 unspecified atom stereocenters. The highest BCUT2D eigenvalue weighted by Gasteiger charge is 2.30. The maximum absolute atomic E-state index is 12.9. The van der Waals surface area contributed by atoms with E-state index < -0.39 is 11.9 Å². The number of amides is 2. The second-order valence-corrected chi connectivity index (χ2v) is 6.23. The van der Waals surface area contributed by atoms with Crippen LogP contribution in [0.15, 0.2) is 42.5 Å². The summed E-state index contributed by atoms with van der Waals surface area (Å²) >= 11 is 0. The second-order valence-electron chi connectivity index (χ2n) is 6.23. The number of carbonyl (C=O) groups is 3. The zero-order chi connectivity index (χ0) is 19.6. The number of ether oxygens (including phenoxy) is 1. The summed E-state index contributed by atoms with van der Waals surface area (Å²) in [5.74, 6) is -1.38. The van der Waals surface area contributed by atoms with Gasteiger partial charge in [-0.05, 0) is 49.7 Å². The van der Waals surface area contributed by atoms with Crippen molar-refractivity contribution in [1.29, 1.82) is 0 Å². The van der Waals surface area contributed by atoms with Gasteiger partial charge in [0.2, 0.25) is 5.91 Å². The van der Waals surface area contributed by atoms with Crippen molar-refractivity contribution in [2.45, 2.75) is 13.8 Å². The number of benzene rings is 2. The number of carboxylic acids is 1. The van der Waals surface area contributed by atoms with Gasteiger partial charge in [-0.15, -0.1) is 0 Å². The first kappa shape index (κ1) is 18.4. The van der Waals surface area contributed by atoms with Crippen LogP contribution >= 0.6 is 0 Å². The minimum absolute atomic E-state index is 0.0236. The van der Waals surface area contributed by atoms with E-state index in [9.17, 15) is 19.5 Å². The quantitative estimate of drug-likeness (QED) is 0.876. The number of hydrogen-bond acceptors (Lipinski definition) is 4. The van der Waals surface area contributed by atoms with E-state index in [2.05, 4.69) is 0 Å². The molecule has 0 radical (unpaired) electrons.